The second-order valence-electron chi connectivity index (χ2n) is 10.4. The molecule has 11 heteroatoms. The van der Waals surface area contributed by atoms with Gasteiger partial charge in [0.25, 0.3) is 11.6 Å². The summed E-state index contributed by atoms with van der Waals surface area (Å²) in [6.07, 6.45) is 0.201. The zero-order valence-electron chi connectivity index (χ0n) is 20.3. The Labute approximate surface area is 204 Å². The maximum Gasteiger partial charge on any atom is 0.271 e. The van der Waals surface area contributed by atoms with Crippen molar-refractivity contribution in [2.24, 2.45) is 0 Å². The Bertz CT molecular complexity index is 1120. The third kappa shape index (κ3) is 6.00. The predicted octanol–water partition coefficient (Wildman–Crippen LogP) is 5.77. The van der Waals surface area contributed by atoms with Crippen molar-refractivity contribution in [3.8, 4) is 0 Å². The number of alkyl halides is 2. The van der Waals surface area contributed by atoms with Crippen molar-refractivity contribution in [1.82, 2.24) is 9.97 Å². The summed E-state index contributed by atoms with van der Waals surface area (Å²) in [5.41, 5.74) is 1.46. The van der Waals surface area contributed by atoms with Crippen molar-refractivity contribution in [1.29, 1.82) is 0 Å². The standard InChI is InChI=1S/C24H31F2N5O3Si/c1-16-14-21(28-22(27-16)17-6-8-24(25,26)9-7-17)29-23(32)19-5-4-18(31(33)34)15-20(19)30-10-12-35(2,3)13-11-30/h4-5,14-15,17H,6-13H2,1-3H3,(H,27,28,29,32). The van der Waals surface area contributed by atoms with Crippen LogP contribution in [-0.4, -0.2) is 47.9 Å². The van der Waals surface area contributed by atoms with Gasteiger partial charge in [-0.3, -0.25) is 14.9 Å². The lowest BCUT2D eigenvalue weighted by atomic mass is 9.86. The van der Waals surface area contributed by atoms with Gasteiger partial charge in [-0.2, -0.15) is 0 Å². The molecule has 2 aromatic rings. The number of aryl methyl sites for hydroxylation is 1. The number of nitro benzene ring substituents is 1. The van der Waals surface area contributed by atoms with Crippen LogP contribution in [0.15, 0.2) is 24.3 Å². The van der Waals surface area contributed by atoms with Crippen LogP contribution < -0.4 is 10.2 Å². The van der Waals surface area contributed by atoms with Crippen LogP contribution in [0.5, 0.6) is 0 Å². The van der Waals surface area contributed by atoms with E-state index in [1.165, 1.54) is 18.2 Å². The largest absolute Gasteiger partial charge is 0.371 e. The Morgan fingerprint density at radius 1 is 1.17 bits per heavy atom. The van der Waals surface area contributed by atoms with Gasteiger partial charge < -0.3 is 10.2 Å². The molecule has 1 aliphatic carbocycles. The van der Waals surface area contributed by atoms with Gasteiger partial charge in [0.1, 0.15) is 11.6 Å². The van der Waals surface area contributed by atoms with Gasteiger partial charge in [-0.05, 0) is 37.9 Å². The first kappa shape index (κ1) is 25.1. The fourth-order valence-electron chi connectivity index (χ4n) is 4.76. The van der Waals surface area contributed by atoms with Crippen molar-refractivity contribution in [3.05, 3.63) is 51.5 Å². The summed E-state index contributed by atoms with van der Waals surface area (Å²) >= 11 is 0. The average molecular weight is 504 g/mol. The molecule has 1 aliphatic heterocycles. The molecule has 0 unspecified atom stereocenters. The number of nitrogens with one attached hydrogen (secondary N) is 1. The fraction of sp³-hybridized carbons (Fsp3) is 0.542. The van der Waals surface area contributed by atoms with Gasteiger partial charge in [0.05, 0.1) is 24.2 Å². The van der Waals surface area contributed by atoms with Crippen LogP contribution in [0.1, 0.15) is 53.5 Å². The minimum atomic E-state index is -2.64. The topological polar surface area (TPSA) is 101 Å². The molecule has 1 aromatic carbocycles. The lowest BCUT2D eigenvalue weighted by Crippen LogP contribution is -2.43. The lowest BCUT2D eigenvalue weighted by molar-refractivity contribution is -0.384. The molecule has 1 aromatic heterocycles. The number of anilines is 2. The normalized spacial score (nSPS) is 19.9. The van der Waals surface area contributed by atoms with Gasteiger partial charge in [0.2, 0.25) is 5.92 Å². The smallest absolute Gasteiger partial charge is 0.271 e. The molecule has 2 aliphatic rings. The Morgan fingerprint density at radius 2 is 1.83 bits per heavy atom. The van der Waals surface area contributed by atoms with E-state index in [0.29, 0.717) is 41.4 Å². The van der Waals surface area contributed by atoms with E-state index in [9.17, 15) is 23.7 Å². The minimum Gasteiger partial charge on any atom is -0.371 e. The second-order valence-corrected chi connectivity index (χ2v) is 15.8. The highest BCUT2D eigenvalue weighted by Crippen LogP contribution is 2.40. The molecule has 188 valence electrons. The van der Waals surface area contributed by atoms with Crippen molar-refractivity contribution in [3.63, 3.8) is 0 Å². The van der Waals surface area contributed by atoms with Gasteiger partial charge in [-0.1, -0.05) is 13.1 Å². The molecule has 1 amide bonds. The Kier molecular flexibility index (Phi) is 6.89. The number of hydrogen-bond donors (Lipinski definition) is 1. The Hall–Kier alpha value is -2.95. The van der Waals surface area contributed by atoms with E-state index in [4.69, 9.17) is 0 Å². The molecule has 1 saturated heterocycles. The summed E-state index contributed by atoms with van der Waals surface area (Å²) in [5, 5.41) is 14.2. The number of rotatable bonds is 5. The number of halogens is 2. The third-order valence-corrected chi connectivity index (χ3v) is 10.2. The van der Waals surface area contributed by atoms with Gasteiger partial charge in [-0.25, -0.2) is 18.7 Å². The summed E-state index contributed by atoms with van der Waals surface area (Å²) in [7, 11) is -1.28. The Morgan fingerprint density at radius 3 is 2.46 bits per heavy atom. The van der Waals surface area contributed by atoms with Crippen LogP contribution in [0, 0.1) is 17.0 Å². The number of nitrogens with zero attached hydrogens (tertiary/aromatic N) is 4. The molecule has 0 spiro atoms. The molecule has 2 heterocycles. The highest BCUT2D eigenvalue weighted by molar-refractivity contribution is 6.77. The Balaban J connectivity index is 1.58. The van der Waals surface area contributed by atoms with Gasteiger partial charge in [0, 0.05) is 55.7 Å². The van der Waals surface area contributed by atoms with E-state index in [-0.39, 0.29) is 24.4 Å². The van der Waals surface area contributed by atoms with Crippen LogP contribution in [0.3, 0.4) is 0 Å². The van der Waals surface area contributed by atoms with Crippen LogP contribution in [0.4, 0.5) is 26.0 Å². The van der Waals surface area contributed by atoms with Crippen LogP contribution in [0.2, 0.25) is 25.2 Å². The maximum absolute atomic E-state index is 13.6. The fourth-order valence-corrected chi connectivity index (χ4v) is 6.76. The monoisotopic (exact) mass is 503 g/mol. The van der Waals surface area contributed by atoms with E-state index >= 15 is 0 Å². The maximum atomic E-state index is 13.6. The van der Waals surface area contributed by atoms with Crippen LogP contribution in [-0.2, 0) is 0 Å². The molecule has 8 nitrogen and oxygen atoms in total. The number of benzene rings is 1. The molecule has 0 atom stereocenters. The van der Waals surface area contributed by atoms with E-state index in [1.54, 1.807) is 13.0 Å². The molecule has 1 N–H and O–H groups in total. The highest BCUT2D eigenvalue weighted by atomic mass is 28.3. The number of carbonyl (C=O) groups is 1. The van der Waals surface area contributed by atoms with E-state index in [2.05, 4.69) is 33.3 Å². The summed E-state index contributed by atoms with van der Waals surface area (Å²) in [4.78, 5) is 35.2. The molecule has 1 saturated carbocycles. The zero-order chi connectivity index (χ0) is 25.4. The number of amides is 1. The third-order valence-electron chi connectivity index (χ3n) is 7.09. The summed E-state index contributed by atoms with van der Waals surface area (Å²) in [5.74, 6) is -2.48. The molecule has 4 rings (SSSR count). The summed E-state index contributed by atoms with van der Waals surface area (Å²) in [6.45, 7) is 7.93. The highest BCUT2D eigenvalue weighted by Gasteiger charge is 2.36. The summed E-state index contributed by atoms with van der Waals surface area (Å²) < 4.78 is 27.2. The van der Waals surface area contributed by atoms with Crippen molar-refractivity contribution >= 4 is 31.2 Å². The number of carbonyl (C=O) groups excluding carboxylic acids is 1. The number of nitro groups is 1. The van der Waals surface area contributed by atoms with Crippen molar-refractivity contribution in [2.45, 2.75) is 69.6 Å². The predicted molar refractivity (Wildman–Crippen MR) is 133 cm³/mol. The number of non-ortho nitro benzene ring substituents is 1. The molecular formula is C24H31F2N5O3Si. The zero-order valence-corrected chi connectivity index (χ0v) is 21.3. The van der Waals surface area contributed by atoms with Crippen LogP contribution >= 0.6 is 0 Å². The van der Waals surface area contributed by atoms with E-state index in [0.717, 1.165) is 25.2 Å². The number of aromatic nitrogens is 2. The quantitative estimate of drug-likeness (QED) is 0.316. The van der Waals surface area contributed by atoms with Crippen molar-refractivity contribution < 1.29 is 18.5 Å². The molecular weight excluding hydrogens is 472 g/mol. The first-order valence-corrected chi connectivity index (χ1v) is 15.4. The van der Waals surface area contributed by atoms with Gasteiger partial charge in [-0.15, -0.1) is 0 Å². The summed E-state index contributed by atoms with van der Waals surface area (Å²) in [6, 6.07) is 8.02. The lowest BCUT2D eigenvalue weighted by Gasteiger charge is -2.37. The molecule has 0 bridgehead atoms. The molecule has 0 radical (unpaired) electrons. The number of hydrogen-bond acceptors (Lipinski definition) is 6. The molecule has 35 heavy (non-hydrogen) atoms. The first-order valence-electron chi connectivity index (χ1n) is 12.0. The van der Waals surface area contributed by atoms with Gasteiger partial charge >= 0.3 is 0 Å². The van der Waals surface area contributed by atoms with Crippen LogP contribution in [0.25, 0.3) is 0 Å². The SMILES string of the molecule is Cc1cc(NC(=O)c2ccc([N+](=O)[O-])cc2N2CC[Si](C)(C)CC2)nc(C2CCC(F)(F)CC2)n1. The van der Waals surface area contributed by atoms with Gasteiger partial charge in [0.15, 0.2) is 0 Å². The van der Waals surface area contributed by atoms with Crippen molar-refractivity contribution in [2.75, 3.05) is 23.3 Å². The molecule has 2 fully saturated rings. The van der Waals surface area contributed by atoms with E-state index in [1.807, 2.05) is 0 Å². The minimum absolute atomic E-state index is 0.0621. The second kappa shape index (κ2) is 9.60. The van der Waals surface area contributed by atoms with E-state index < -0.39 is 24.8 Å². The average Bonchev–Trinajstić information content (AvgIpc) is 2.78. The first-order chi connectivity index (χ1) is 16.4.